The van der Waals surface area contributed by atoms with Crippen molar-refractivity contribution in [2.45, 2.75) is 6.92 Å². The number of carbonyl (C=O) groups is 3. The molecular weight excluding hydrogens is 272 g/mol. The molecule has 0 unspecified atom stereocenters. The minimum atomic E-state index is -0.852. The number of nitrogen functional groups attached to an aromatic ring is 1. The number of benzene rings is 1. The van der Waals surface area contributed by atoms with Gasteiger partial charge in [0.2, 0.25) is 5.91 Å². The van der Waals surface area contributed by atoms with Crippen LogP contribution in [-0.4, -0.2) is 48.8 Å². The Morgan fingerprint density at radius 2 is 1.90 bits per heavy atom. The molecule has 0 atom stereocenters. The Labute approximate surface area is 122 Å². The maximum Gasteiger partial charge on any atom is 0.323 e. The first-order valence-corrected chi connectivity index (χ1v) is 6.71. The van der Waals surface area contributed by atoms with Crippen LogP contribution in [0.2, 0.25) is 0 Å². The van der Waals surface area contributed by atoms with E-state index in [9.17, 15) is 14.4 Å². The minimum Gasteiger partial charge on any atom is -0.399 e. The molecule has 112 valence electrons. The van der Waals surface area contributed by atoms with Gasteiger partial charge in [-0.3, -0.25) is 14.4 Å². The van der Waals surface area contributed by atoms with Crippen molar-refractivity contribution in [3.05, 3.63) is 24.3 Å². The van der Waals surface area contributed by atoms with Crippen molar-refractivity contribution >= 4 is 29.1 Å². The summed E-state index contributed by atoms with van der Waals surface area (Å²) in [4.78, 5) is 38.6. The molecule has 0 saturated carbocycles. The third-order valence-corrected chi connectivity index (χ3v) is 3.23. The number of nitrogens with two attached hydrogens (primary N) is 1. The molecule has 0 aliphatic carbocycles. The lowest BCUT2D eigenvalue weighted by Gasteiger charge is -2.28. The van der Waals surface area contributed by atoms with Crippen molar-refractivity contribution in [1.29, 1.82) is 0 Å². The topological polar surface area (TPSA) is 95.7 Å². The number of hydrogen-bond donors (Lipinski definition) is 2. The number of imide groups is 1. The molecule has 0 bridgehead atoms. The molecule has 7 heteroatoms. The summed E-state index contributed by atoms with van der Waals surface area (Å²) in [6.45, 7) is 3.42. The van der Waals surface area contributed by atoms with Gasteiger partial charge >= 0.3 is 11.8 Å². The van der Waals surface area contributed by atoms with E-state index >= 15 is 0 Å². The first kappa shape index (κ1) is 15.0. The van der Waals surface area contributed by atoms with Crippen LogP contribution >= 0.6 is 0 Å². The van der Waals surface area contributed by atoms with Crippen LogP contribution in [0.25, 0.3) is 0 Å². The third-order valence-electron chi connectivity index (χ3n) is 3.23. The van der Waals surface area contributed by atoms with Gasteiger partial charge in [0, 0.05) is 38.8 Å². The van der Waals surface area contributed by atoms with Gasteiger partial charge in [-0.15, -0.1) is 0 Å². The van der Waals surface area contributed by atoms with Crippen LogP contribution in [0.5, 0.6) is 0 Å². The van der Waals surface area contributed by atoms with Gasteiger partial charge in [0.05, 0.1) is 5.69 Å². The normalized spacial score (nSPS) is 14.6. The van der Waals surface area contributed by atoms with E-state index in [0.717, 1.165) is 4.90 Å². The van der Waals surface area contributed by atoms with Crippen LogP contribution in [0.1, 0.15) is 6.92 Å². The molecule has 1 aliphatic rings. The molecule has 1 fully saturated rings. The highest BCUT2D eigenvalue weighted by Crippen LogP contribution is 2.18. The van der Waals surface area contributed by atoms with E-state index in [-0.39, 0.29) is 0 Å². The van der Waals surface area contributed by atoms with Crippen molar-refractivity contribution in [3.63, 3.8) is 0 Å². The van der Waals surface area contributed by atoms with Crippen LogP contribution in [0.3, 0.4) is 0 Å². The smallest absolute Gasteiger partial charge is 0.323 e. The summed E-state index contributed by atoms with van der Waals surface area (Å²) in [5.41, 5.74) is 6.38. The summed E-state index contributed by atoms with van der Waals surface area (Å²) >= 11 is 0. The maximum atomic E-state index is 12.3. The number of nitrogens with zero attached hydrogens (tertiary/aromatic N) is 2. The Bertz CT molecular complexity index is 567. The van der Waals surface area contributed by atoms with E-state index < -0.39 is 17.7 Å². The largest absolute Gasteiger partial charge is 0.399 e. The molecule has 0 radical (unpaired) electrons. The zero-order valence-electron chi connectivity index (χ0n) is 11.8. The lowest BCUT2D eigenvalue weighted by molar-refractivity contribution is -0.146. The number of anilines is 2. The predicted molar refractivity (Wildman–Crippen MR) is 78.5 cm³/mol. The first-order chi connectivity index (χ1) is 10.0. The van der Waals surface area contributed by atoms with Gasteiger partial charge in [0.25, 0.3) is 0 Å². The van der Waals surface area contributed by atoms with E-state index in [1.165, 1.54) is 17.9 Å². The summed E-state index contributed by atoms with van der Waals surface area (Å²) < 4.78 is 0. The molecule has 3 N–H and O–H groups in total. The van der Waals surface area contributed by atoms with E-state index in [4.69, 9.17) is 5.73 Å². The maximum absolute atomic E-state index is 12.3. The number of rotatable bonds is 1. The van der Waals surface area contributed by atoms with Crippen molar-refractivity contribution in [3.8, 4) is 0 Å². The Kier molecular flexibility index (Phi) is 4.54. The van der Waals surface area contributed by atoms with Crippen LogP contribution in [0.4, 0.5) is 11.4 Å². The molecule has 3 amide bonds. The molecular formula is C14H18N4O3. The van der Waals surface area contributed by atoms with Gasteiger partial charge in [0.15, 0.2) is 0 Å². The summed E-state index contributed by atoms with van der Waals surface area (Å²) in [6, 6.07) is 6.33. The molecule has 21 heavy (non-hydrogen) atoms. The number of hydrogen-bond acceptors (Lipinski definition) is 5. The van der Waals surface area contributed by atoms with Crippen molar-refractivity contribution in [1.82, 2.24) is 10.2 Å². The monoisotopic (exact) mass is 290 g/mol. The number of piperazine rings is 1. The van der Waals surface area contributed by atoms with Crippen molar-refractivity contribution < 1.29 is 14.4 Å². The zero-order chi connectivity index (χ0) is 15.4. The fourth-order valence-electron chi connectivity index (χ4n) is 2.20. The zero-order valence-corrected chi connectivity index (χ0v) is 11.8. The predicted octanol–water partition coefficient (Wildman–Crippen LogP) is -0.420. The lowest BCUT2D eigenvalue weighted by Crippen LogP contribution is -2.53. The molecule has 1 saturated heterocycles. The molecule has 2 rings (SSSR count). The molecule has 0 aromatic heterocycles. The van der Waals surface area contributed by atoms with E-state index in [1.54, 1.807) is 18.2 Å². The van der Waals surface area contributed by atoms with Crippen molar-refractivity contribution in [2.75, 3.05) is 36.8 Å². The molecule has 7 nitrogen and oxygen atoms in total. The van der Waals surface area contributed by atoms with Crippen LogP contribution < -0.4 is 16.0 Å². The Morgan fingerprint density at radius 3 is 2.48 bits per heavy atom. The summed E-state index contributed by atoms with van der Waals surface area (Å²) in [5, 5.41) is 3.10. The van der Waals surface area contributed by atoms with Gasteiger partial charge in [0.1, 0.15) is 0 Å². The first-order valence-electron chi connectivity index (χ1n) is 6.71. The quantitative estimate of drug-likeness (QED) is 0.541. The Morgan fingerprint density at radius 1 is 1.24 bits per heavy atom. The van der Waals surface area contributed by atoms with Gasteiger partial charge in [-0.05, 0) is 18.2 Å². The highest BCUT2D eigenvalue weighted by atomic mass is 16.2. The molecule has 1 heterocycles. The highest BCUT2D eigenvalue weighted by molar-refractivity contribution is 6.45. The Hall–Kier alpha value is -2.41. The fourth-order valence-corrected chi connectivity index (χ4v) is 2.20. The lowest BCUT2D eigenvalue weighted by atomic mass is 10.2. The fraction of sp³-hybridized carbons (Fsp3) is 0.357. The highest BCUT2D eigenvalue weighted by Gasteiger charge is 2.31. The van der Waals surface area contributed by atoms with Crippen LogP contribution in [0.15, 0.2) is 24.3 Å². The summed E-state index contributed by atoms with van der Waals surface area (Å²) in [7, 11) is 0. The van der Waals surface area contributed by atoms with E-state index in [1.807, 2.05) is 0 Å². The van der Waals surface area contributed by atoms with Gasteiger partial charge in [-0.1, -0.05) is 6.07 Å². The second-order valence-corrected chi connectivity index (χ2v) is 4.80. The van der Waals surface area contributed by atoms with E-state index in [0.29, 0.717) is 37.6 Å². The number of carbonyl (C=O) groups excluding carboxylic acids is 3. The molecule has 1 aliphatic heterocycles. The summed E-state index contributed by atoms with van der Waals surface area (Å²) in [6.07, 6.45) is 0. The second-order valence-electron chi connectivity index (χ2n) is 4.80. The molecule has 1 aromatic carbocycles. The van der Waals surface area contributed by atoms with Gasteiger partial charge in [-0.2, -0.15) is 0 Å². The third kappa shape index (κ3) is 3.38. The van der Waals surface area contributed by atoms with Crippen LogP contribution in [-0.2, 0) is 14.4 Å². The van der Waals surface area contributed by atoms with E-state index in [2.05, 4.69) is 5.32 Å². The van der Waals surface area contributed by atoms with Crippen molar-refractivity contribution in [2.24, 2.45) is 0 Å². The van der Waals surface area contributed by atoms with Crippen LogP contribution in [0, 0.1) is 0 Å². The average Bonchev–Trinajstić information content (AvgIpc) is 2.47. The van der Waals surface area contributed by atoms with Gasteiger partial charge in [-0.25, -0.2) is 4.90 Å². The average molecular weight is 290 g/mol. The second kappa shape index (κ2) is 6.36. The van der Waals surface area contributed by atoms with Gasteiger partial charge < -0.3 is 16.0 Å². The number of nitrogens with one attached hydrogen (secondary N) is 1. The standard InChI is InChI=1S/C14H18N4O3/c1-10(19)18(12-4-2-3-11(15)9-12)14(21)13(20)17-7-5-16-6-8-17/h2-4,9,16H,5-8,15H2,1H3. The Balaban J connectivity index is 2.23. The summed E-state index contributed by atoms with van der Waals surface area (Å²) in [5.74, 6) is -2.04. The number of amides is 3. The SMILES string of the molecule is CC(=O)N(C(=O)C(=O)N1CCNCC1)c1cccc(N)c1. The molecule has 1 aromatic rings. The molecule has 0 spiro atoms. The minimum absolute atomic E-state index is 0.302.